The third-order valence-corrected chi connectivity index (χ3v) is 2.22. The fraction of sp³-hybridized carbons (Fsp3) is 0.900. The van der Waals surface area contributed by atoms with Crippen molar-refractivity contribution in [3.63, 3.8) is 0 Å². The van der Waals surface area contributed by atoms with Crippen LogP contribution in [-0.4, -0.2) is 32.7 Å². The molecule has 0 saturated carbocycles. The zero-order valence-electron chi connectivity index (χ0n) is 9.21. The molecule has 0 aromatic heterocycles. The zero-order valence-corrected chi connectivity index (χ0v) is 9.21. The van der Waals surface area contributed by atoms with Gasteiger partial charge in [0, 0.05) is 6.42 Å². The Kier molecular flexibility index (Phi) is 8.57. The largest absolute Gasteiger partial charge is 0.466 e. The lowest BCUT2D eigenvalue weighted by Gasteiger charge is -2.21. The summed E-state index contributed by atoms with van der Waals surface area (Å²) < 4.78 is 4.89. The molecule has 14 heavy (non-hydrogen) atoms. The molecule has 1 saturated heterocycles. The molecule has 0 amide bonds. The van der Waals surface area contributed by atoms with Gasteiger partial charge in [-0.1, -0.05) is 0 Å². The third-order valence-electron chi connectivity index (χ3n) is 2.22. The molecular weight excluding hydrogens is 180 g/mol. The molecule has 0 bridgehead atoms. The maximum Gasteiger partial charge on any atom is 0.306 e. The van der Waals surface area contributed by atoms with E-state index in [9.17, 15) is 4.79 Å². The molecule has 0 aromatic carbocycles. The summed E-state index contributed by atoms with van der Waals surface area (Å²) in [7, 11) is 1.50. The molecular formula is C10H22N2O2. The van der Waals surface area contributed by atoms with Crippen molar-refractivity contribution in [3.8, 4) is 0 Å². The second-order valence-corrected chi connectivity index (χ2v) is 3.20. The Morgan fingerprint density at radius 1 is 1.43 bits per heavy atom. The summed E-state index contributed by atoms with van der Waals surface area (Å²) in [5.74, 6) is 0.509. The molecule has 0 spiro atoms. The topological polar surface area (TPSA) is 64.3 Å². The van der Waals surface area contributed by atoms with Crippen molar-refractivity contribution < 1.29 is 9.53 Å². The summed E-state index contributed by atoms with van der Waals surface area (Å²) in [6.07, 6.45) is 2.83. The smallest absolute Gasteiger partial charge is 0.306 e. The Morgan fingerprint density at radius 2 is 2.00 bits per heavy atom. The van der Waals surface area contributed by atoms with Crippen molar-refractivity contribution in [1.29, 1.82) is 0 Å². The van der Waals surface area contributed by atoms with Crippen LogP contribution in [-0.2, 0) is 9.53 Å². The predicted octanol–water partition coefficient (Wildman–Crippen LogP) is 0.514. The van der Waals surface area contributed by atoms with E-state index < -0.39 is 0 Å². The molecule has 0 aromatic rings. The highest BCUT2D eigenvalue weighted by molar-refractivity contribution is 5.69. The molecule has 1 heterocycles. The number of esters is 1. The molecule has 1 aliphatic rings. The van der Waals surface area contributed by atoms with E-state index in [2.05, 4.69) is 11.1 Å². The van der Waals surface area contributed by atoms with Crippen molar-refractivity contribution in [2.45, 2.75) is 26.2 Å². The van der Waals surface area contributed by atoms with Gasteiger partial charge in [-0.15, -0.1) is 0 Å². The van der Waals surface area contributed by atoms with Crippen LogP contribution in [0.5, 0.6) is 0 Å². The first-order valence-electron chi connectivity index (χ1n) is 5.27. The minimum atomic E-state index is -0.0376. The number of nitrogens with one attached hydrogen (secondary N) is 1. The van der Waals surface area contributed by atoms with E-state index in [1.807, 2.05) is 6.92 Å². The standard InChI is InChI=1S/C9H17NO2.CH5N/c1-2-12-9(11)7-8-3-5-10-6-4-8;1-2/h8,10H,2-7H2,1H3;2H2,1H3. The zero-order chi connectivity index (χ0) is 10.8. The quantitative estimate of drug-likeness (QED) is 0.655. The number of rotatable bonds is 3. The fourth-order valence-electron chi connectivity index (χ4n) is 1.54. The van der Waals surface area contributed by atoms with Crippen molar-refractivity contribution >= 4 is 5.97 Å². The lowest BCUT2D eigenvalue weighted by Crippen LogP contribution is -2.29. The second-order valence-electron chi connectivity index (χ2n) is 3.20. The van der Waals surface area contributed by atoms with Gasteiger partial charge < -0.3 is 15.8 Å². The highest BCUT2D eigenvalue weighted by Crippen LogP contribution is 2.16. The van der Waals surface area contributed by atoms with Gasteiger partial charge in [-0.05, 0) is 45.8 Å². The number of hydrogen-bond donors (Lipinski definition) is 2. The molecule has 4 nitrogen and oxygen atoms in total. The van der Waals surface area contributed by atoms with Crippen LogP contribution in [0.3, 0.4) is 0 Å². The van der Waals surface area contributed by atoms with Gasteiger partial charge in [0.15, 0.2) is 0 Å². The molecule has 1 rings (SSSR count). The van der Waals surface area contributed by atoms with E-state index in [0.29, 0.717) is 18.9 Å². The minimum Gasteiger partial charge on any atom is -0.466 e. The van der Waals surface area contributed by atoms with Crippen LogP contribution in [0.2, 0.25) is 0 Å². The summed E-state index contributed by atoms with van der Waals surface area (Å²) >= 11 is 0. The van der Waals surface area contributed by atoms with Crippen molar-refractivity contribution in [1.82, 2.24) is 5.32 Å². The van der Waals surface area contributed by atoms with E-state index in [1.54, 1.807) is 0 Å². The van der Waals surface area contributed by atoms with Gasteiger partial charge >= 0.3 is 5.97 Å². The highest BCUT2D eigenvalue weighted by atomic mass is 16.5. The first-order valence-corrected chi connectivity index (χ1v) is 5.27. The van der Waals surface area contributed by atoms with Crippen LogP contribution >= 0.6 is 0 Å². The van der Waals surface area contributed by atoms with Crippen LogP contribution in [0.1, 0.15) is 26.2 Å². The second kappa shape index (κ2) is 8.97. The maximum atomic E-state index is 11.1. The molecule has 84 valence electrons. The predicted molar refractivity (Wildman–Crippen MR) is 57.0 cm³/mol. The number of carbonyl (C=O) groups is 1. The summed E-state index contributed by atoms with van der Waals surface area (Å²) in [6, 6.07) is 0. The Balaban J connectivity index is 0.000000791. The van der Waals surface area contributed by atoms with E-state index in [0.717, 1.165) is 25.9 Å². The average molecular weight is 202 g/mol. The minimum absolute atomic E-state index is 0.0376. The Labute approximate surface area is 86.2 Å². The number of hydrogen-bond acceptors (Lipinski definition) is 4. The number of carbonyl (C=O) groups excluding carboxylic acids is 1. The molecule has 0 aliphatic carbocycles. The number of ether oxygens (including phenoxy) is 1. The molecule has 4 heteroatoms. The normalized spacial score (nSPS) is 16.8. The van der Waals surface area contributed by atoms with Gasteiger partial charge in [-0.3, -0.25) is 4.79 Å². The fourth-order valence-corrected chi connectivity index (χ4v) is 1.54. The van der Waals surface area contributed by atoms with Crippen LogP contribution in [0.25, 0.3) is 0 Å². The van der Waals surface area contributed by atoms with Gasteiger partial charge in [-0.2, -0.15) is 0 Å². The summed E-state index contributed by atoms with van der Waals surface area (Å²) in [5, 5.41) is 3.27. The van der Waals surface area contributed by atoms with Gasteiger partial charge in [0.1, 0.15) is 0 Å². The number of piperidine rings is 1. The monoisotopic (exact) mass is 202 g/mol. The average Bonchev–Trinajstić information content (AvgIpc) is 2.22. The van der Waals surface area contributed by atoms with Crippen LogP contribution in [0, 0.1) is 5.92 Å². The summed E-state index contributed by atoms with van der Waals surface area (Å²) in [5.41, 5.74) is 4.50. The summed E-state index contributed by atoms with van der Waals surface area (Å²) in [6.45, 7) is 4.44. The first kappa shape index (κ1) is 13.4. The summed E-state index contributed by atoms with van der Waals surface area (Å²) in [4.78, 5) is 11.1. The molecule has 0 unspecified atom stereocenters. The maximum absolute atomic E-state index is 11.1. The highest BCUT2D eigenvalue weighted by Gasteiger charge is 2.16. The number of nitrogens with two attached hydrogens (primary N) is 1. The van der Waals surface area contributed by atoms with E-state index in [1.165, 1.54) is 7.05 Å². The van der Waals surface area contributed by atoms with E-state index in [-0.39, 0.29) is 5.97 Å². The third kappa shape index (κ3) is 5.94. The van der Waals surface area contributed by atoms with Crippen LogP contribution in [0.15, 0.2) is 0 Å². The lowest BCUT2D eigenvalue weighted by atomic mass is 9.95. The van der Waals surface area contributed by atoms with Gasteiger partial charge in [0.2, 0.25) is 0 Å². The Bertz CT molecular complexity index is 145. The van der Waals surface area contributed by atoms with Crippen LogP contribution < -0.4 is 11.1 Å². The van der Waals surface area contributed by atoms with Crippen molar-refractivity contribution in [2.24, 2.45) is 11.7 Å². The van der Waals surface area contributed by atoms with Gasteiger partial charge in [0.25, 0.3) is 0 Å². The Hall–Kier alpha value is -0.610. The molecule has 0 radical (unpaired) electrons. The SMILES string of the molecule is CCOC(=O)CC1CCNCC1.CN. The molecule has 0 atom stereocenters. The molecule has 3 N–H and O–H groups in total. The van der Waals surface area contributed by atoms with Gasteiger partial charge in [0.05, 0.1) is 6.61 Å². The molecule has 1 aliphatic heterocycles. The lowest BCUT2D eigenvalue weighted by molar-refractivity contribution is -0.144. The molecule has 1 fully saturated rings. The van der Waals surface area contributed by atoms with Crippen molar-refractivity contribution in [2.75, 3.05) is 26.7 Å². The van der Waals surface area contributed by atoms with E-state index >= 15 is 0 Å². The van der Waals surface area contributed by atoms with Crippen LogP contribution in [0.4, 0.5) is 0 Å². The van der Waals surface area contributed by atoms with Crippen molar-refractivity contribution in [3.05, 3.63) is 0 Å². The first-order chi connectivity index (χ1) is 6.83. The van der Waals surface area contributed by atoms with Gasteiger partial charge in [-0.25, -0.2) is 0 Å². The Morgan fingerprint density at radius 3 is 2.50 bits per heavy atom. The van der Waals surface area contributed by atoms with E-state index in [4.69, 9.17) is 4.74 Å².